The lowest BCUT2D eigenvalue weighted by molar-refractivity contribution is 0.0595. The van der Waals surface area contributed by atoms with Crippen molar-refractivity contribution in [1.29, 1.82) is 0 Å². The molecule has 64 valence electrons. The van der Waals surface area contributed by atoms with Crippen molar-refractivity contribution in [3.63, 3.8) is 0 Å². The Balaban J connectivity index is 3.22. The van der Waals surface area contributed by atoms with Crippen molar-refractivity contribution in [1.82, 2.24) is 4.98 Å². The quantitative estimate of drug-likeness (QED) is 0.507. The Morgan fingerprint density at radius 3 is 2.92 bits per heavy atom. The Hall–Kier alpha value is -1.36. The minimum atomic E-state index is -0.515. The maximum absolute atomic E-state index is 11.0. The van der Waals surface area contributed by atoms with Gasteiger partial charge in [-0.2, -0.15) is 0 Å². The van der Waals surface area contributed by atoms with E-state index in [1.165, 1.54) is 7.11 Å². The van der Waals surface area contributed by atoms with E-state index in [9.17, 15) is 4.79 Å². The number of rotatable bonds is 1. The highest BCUT2D eigenvalue weighted by Gasteiger charge is 2.08. The molecule has 0 saturated carbocycles. The van der Waals surface area contributed by atoms with Crippen LogP contribution in [0.25, 0.3) is 0 Å². The number of hydrogen-bond donors (Lipinski definition) is 2. The van der Waals surface area contributed by atoms with Crippen LogP contribution in [0.1, 0.15) is 10.5 Å². The maximum atomic E-state index is 11.0. The van der Waals surface area contributed by atoms with E-state index in [0.29, 0.717) is 10.3 Å². The van der Waals surface area contributed by atoms with Gasteiger partial charge >= 0.3 is 5.97 Å². The molecular weight excluding hydrogens is 176 g/mol. The van der Waals surface area contributed by atoms with Crippen LogP contribution < -0.4 is 5.73 Å². The first-order chi connectivity index (χ1) is 5.65. The molecular formula is C7H8N2O2S. The van der Waals surface area contributed by atoms with Crippen LogP contribution in [0.3, 0.4) is 0 Å². The number of nitrogens with one attached hydrogen (secondary N) is 1. The number of aromatic nitrogens is 1. The number of methoxy groups -OCH3 is 1. The number of H-pyrrole nitrogens is 1. The van der Waals surface area contributed by atoms with E-state index in [1.807, 2.05) is 0 Å². The number of carbonyl (C=O) groups is 1. The lowest BCUT2D eigenvalue weighted by Gasteiger charge is -2.01. The predicted molar refractivity (Wildman–Crippen MR) is 47.4 cm³/mol. The van der Waals surface area contributed by atoms with Gasteiger partial charge in [-0.15, -0.1) is 0 Å². The number of ether oxygens (including phenoxy) is 1. The molecule has 3 N–H and O–H groups in total. The van der Waals surface area contributed by atoms with Crippen molar-refractivity contribution in [3.8, 4) is 0 Å². The first-order valence-corrected chi connectivity index (χ1v) is 3.63. The van der Waals surface area contributed by atoms with Crippen LogP contribution >= 0.6 is 12.2 Å². The van der Waals surface area contributed by atoms with E-state index in [-0.39, 0.29) is 5.69 Å². The summed E-state index contributed by atoms with van der Waals surface area (Å²) in [6.07, 6.45) is 0. The Morgan fingerprint density at radius 1 is 1.67 bits per heavy atom. The molecule has 12 heavy (non-hydrogen) atoms. The van der Waals surface area contributed by atoms with Crippen molar-refractivity contribution >= 4 is 23.9 Å². The number of nitrogen functional groups attached to an aromatic ring is 1. The summed E-state index contributed by atoms with van der Waals surface area (Å²) in [5.41, 5.74) is 6.02. The van der Waals surface area contributed by atoms with Crippen molar-refractivity contribution < 1.29 is 9.53 Å². The molecule has 1 aromatic rings. The van der Waals surface area contributed by atoms with Crippen LogP contribution in [0.15, 0.2) is 12.1 Å². The van der Waals surface area contributed by atoms with Gasteiger partial charge in [0.15, 0.2) is 0 Å². The Kier molecular flexibility index (Phi) is 2.44. The van der Waals surface area contributed by atoms with Gasteiger partial charge < -0.3 is 15.5 Å². The number of hydrogen-bond acceptors (Lipinski definition) is 4. The number of anilines is 1. The summed E-state index contributed by atoms with van der Waals surface area (Å²) in [6.45, 7) is 0. The van der Waals surface area contributed by atoms with Crippen LogP contribution in [0.4, 0.5) is 5.69 Å². The topological polar surface area (TPSA) is 68.1 Å². The number of aromatic amines is 1. The van der Waals surface area contributed by atoms with Gasteiger partial charge in [-0.3, -0.25) is 0 Å². The second-order valence-corrected chi connectivity index (χ2v) is 2.58. The molecule has 0 atom stereocenters. The van der Waals surface area contributed by atoms with Crippen LogP contribution in [-0.2, 0) is 4.74 Å². The minimum absolute atomic E-state index is 0.199. The fraction of sp³-hybridized carbons (Fsp3) is 0.143. The average Bonchev–Trinajstić information content (AvgIpc) is 2.08. The number of esters is 1. The molecule has 0 aliphatic carbocycles. The van der Waals surface area contributed by atoms with Gasteiger partial charge in [-0.1, -0.05) is 12.2 Å². The van der Waals surface area contributed by atoms with Gasteiger partial charge in [0, 0.05) is 0 Å². The van der Waals surface area contributed by atoms with E-state index < -0.39 is 5.97 Å². The van der Waals surface area contributed by atoms with E-state index in [0.717, 1.165) is 0 Å². The SMILES string of the molecule is COC(=O)c1[nH]c(=S)ccc1N. The van der Waals surface area contributed by atoms with Crippen LogP contribution in [0.5, 0.6) is 0 Å². The smallest absolute Gasteiger partial charge is 0.356 e. The molecule has 0 saturated heterocycles. The normalized spacial score (nSPS) is 9.42. The Labute approximate surface area is 74.4 Å². The van der Waals surface area contributed by atoms with Crippen molar-refractivity contribution in [2.45, 2.75) is 0 Å². The molecule has 0 unspecified atom stereocenters. The number of carbonyl (C=O) groups excluding carboxylic acids is 1. The average molecular weight is 184 g/mol. The van der Waals surface area contributed by atoms with Crippen molar-refractivity contribution in [2.75, 3.05) is 12.8 Å². The zero-order chi connectivity index (χ0) is 9.14. The zero-order valence-corrected chi connectivity index (χ0v) is 7.27. The number of nitrogens with two attached hydrogens (primary N) is 1. The molecule has 4 nitrogen and oxygen atoms in total. The molecule has 0 aliphatic rings. The lowest BCUT2D eigenvalue weighted by Crippen LogP contribution is -2.08. The van der Waals surface area contributed by atoms with Crippen LogP contribution in [0.2, 0.25) is 0 Å². The fourth-order valence-electron chi connectivity index (χ4n) is 0.757. The van der Waals surface area contributed by atoms with Gasteiger partial charge in [0.1, 0.15) is 10.3 Å². The van der Waals surface area contributed by atoms with E-state index >= 15 is 0 Å². The first-order valence-electron chi connectivity index (χ1n) is 3.22. The minimum Gasteiger partial charge on any atom is -0.464 e. The molecule has 1 heterocycles. The summed E-state index contributed by atoms with van der Waals surface area (Å²) in [5, 5.41) is 0. The fourth-order valence-corrected chi connectivity index (χ4v) is 0.927. The van der Waals surface area contributed by atoms with Gasteiger partial charge in [-0.05, 0) is 12.1 Å². The van der Waals surface area contributed by atoms with Gasteiger partial charge in [0.25, 0.3) is 0 Å². The summed E-state index contributed by atoms with van der Waals surface area (Å²) in [4.78, 5) is 13.6. The third-order valence-corrected chi connectivity index (χ3v) is 1.58. The molecule has 0 fully saturated rings. The lowest BCUT2D eigenvalue weighted by atomic mass is 10.3. The molecule has 0 aliphatic heterocycles. The zero-order valence-electron chi connectivity index (χ0n) is 6.46. The highest BCUT2D eigenvalue weighted by atomic mass is 32.1. The van der Waals surface area contributed by atoms with E-state index in [2.05, 4.69) is 9.72 Å². The van der Waals surface area contributed by atoms with Gasteiger partial charge in [0.05, 0.1) is 12.8 Å². The maximum Gasteiger partial charge on any atom is 0.356 e. The monoisotopic (exact) mass is 184 g/mol. The largest absolute Gasteiger partial charge is 0.464 e. The van der Waals surface area contributed by atoms with Crippen LogP contribution in [0, 0.1) is 4.64 Å². The molecule has 1 aromatic heterocycles. The second-order valence-electron chi connectivity index (χ2n) is 2.14. The molecule has 0 amide bonds. The second kappa shape index (κ2) is 3.36. The van der Waals surface area contributed by atoms with E-state index in [1.54, 1.807) is 12.1 Å². The third kappa shape index (κ3) is 1.62. The van der Waals surface area contributed by atoms with Crippen LogP contribution in [-0.4, -0.2) is 18.1 Å². The predicted octanol–water partition coefficient (Wildman–Crippen LogP) is 1.11. The summed E-state index contributed by atoms with van der Waals surface area (Å²) in [5.74, 6) is -0.515. The molecule has 0 bridgehead atoms. The molecule has 0 aromatic carbocycles. The Morgan fingerprint density at radius 2 is 2.33 bits per heavy atom. The van der Waals surface area contributed by atoms with Crippen molar-refractivity contribution in [2.24, 2.45) is 0 Å². The molecule has 0 radical (unpaired) electrons. The highest BCUT2D eigenvalue weighted by Crippen LogP contribution is 2.08. The summed E-state index contributed by atoms with van der Waals surface area (Å²) < 4.78 is 4.92. The summed E-state index contributed by atoms with van der Waals surface area (Å²) in [7, 11) is 1.28. The van der Waals surface area contributed by atoms with Crippen molar-refractivity contribution in [3.05, 3.63) is 22.5 Å². The standard InChI is InChI=1S/C7H8N2O2S/c1-11-7(10)6-4(8)2-3-5(12)9-6/h2-3H,8H2,1H3,(H,9,12). The molecule has 0 spiro atoms. The Bertz CT molecular complexity index is 359. The molecule has 5 heteroatoms. The van der Waals surface area contributed by atoms with E-state index in [4.69, 9.17) is 18.0 Å². The first kappa shape index (κ1) is 8.73. The summed E-state index contributed by atoms with van der Waals surface area (Å²) in [6, 6.07) is 3.17. The summed E-state index contributed by atoms with van der Waals surface area (Å²) >= 11 is 4.81. The number of pyridine rings is 1. The third-order valence-electron chi connectivity index (χ3n) is 1.34. The highest BCUT2D eigenvalue weighted by molar-refractivity contribution is 7.71. The molecule has 1 rings (SSSR count). The van der Waals surface area contributed by atoms with Gasteiger partial charge in [0.2, 0.25) is 0 Å². The van der Waals surface area contributed by atoms with Gasteiger partial charge in [-0.25, -0.2) is 4.79 Å².